The third-order valence-corrected chi connectivity index (χ3v) is 5.39. The average Bonchev–Trinajstić information content (AvgIpc) is 3.21. The molecule has 1 aromatic carbocycles. The Morgan fingerprint density at radius 3 is 2.86 bits per heavy atom. The molecule has 0 N–H and O–H groups in total. The Bertz CT molecular complexity index is 935. The number of piperidine rings is 1. The standard InChI is InChI=1S/C23H26N4O/c1-18-7-4-10-21(25-18)15-19-8-5-13-26(16-19)23(28)22-11-3-2-9-20(22)17-27-14-6-12-24-27/h2-4,6-7,9-12,14,19H,5,8,13,15-17H2,1H3/t19-/m0/s1. The van der Waals surface area contributed by atoms with Crippen molar-refractivity contribution in [2.75, 3.05) is 13.1 Å². The highest BCUT2D eigenvalue weighted by Gasteiger charge is 2.26. The monoisotopic (exact) mass is 374 g/mol. The van der Waals surface area contributed by atoms with E-state index in [0.717, 1.165) is 54.9 Å². The number of hydrogen-bond acceptors (Lipinski definition) is 3. The number of carbonyl (C=O) groups excluding carboxylic acids is 1. The van der Waals surface area contributed by atoms with E-state index in [0.29, 0.717) is 12.5 Å². The van der Waals surface area contributed by atoms with E-state index >= 15 is 0 Å². The van der Waals surface area contributed by atoms with Crippen LogP contribution in [0.5, 0.6) is 0 Å². The summed E-state index contributed by atoms with van der Waals surface area (Å²) in [5.74, 6) is 0.593. The SMILES string of the molecule is Cc1cccc(C[C@@H]2CCCN(C(=O)c3ccccc3Cn3cccn3)C2)n1. The van der Waals surface area contributed by atoms with Crippen molar-refractivity contribution in [1.82, 2.24) is 19.7 Å². The van der Waals surface area contributed by atoms with Crippen LogP contribution >= 0.6 is 0 Å². The molecule has 0 spiro atoms. The van der Waals surface area contributed by atoms with Crippen LogP contribution in [0.4, 0.5) is 0 Å². The van der Waals surface area contributed by atoms with Crippen molar-refractivity contribution >= 4 is 5.91 Å². The molecular weight excluding hydrogens is 348 g/mol. The number of carbonyl (C=O) groups is 1. The van der Waals surface area contributed by atoms with E-state index in [2.05, 4.69) is 22.2 Å². The van der Waals surface area contributed by atoms with E-state index in [9.17, 15) is 4.79 Å². The van der Waals surface area contributed by atoms with E-state index in [1.807, 2.05) is 59.1 Å². The molecule has 3 aromatic rings. The lowest BCUT2D eigenvalue weighted by Gasteiger charge is -2.33. The van der Waals surface area contributed by atoms with Gasteiger partial charge in [-0.1, -0.05) is 24.3 Å². The lowest BCUT2D eigenvalue weighted by atomic mass is 9.92. The second-order valence-electron chi connectivity index (χ2n) is 7.59. The molecule has 2 aromatic heterocycles. The van der Waals surface area contributed by atoms with Crippen molar-refractivity contribution < 1.29 is 4.79 Å². The van der Waals surface area contributed by atoms with E-state index < -0.39 is 0 Å². The maximum Gasteiger partial charge on any atom is 0.254 e. The number of nitrogens with zero attached hydrogens (tertiary/aromatic N) is 4. The van der Waals surface area contributed by atoms with Gasteiger partial charge in [-0.25, -0.2) is 0 Å². The van der Waals surface area contributed by atoms with Gasteiger partial charge in [0.2, 0.25) is 0 Å². The molecule has 4 rings (SSSR count). The van der Waals surface area contributed by atoms with Gasteiger partial charge in [-0.2, -0.15) is 5.10 Å². The molecule has 1 atom stereocenters. The maximum absolute atomic E-state index is 13.3. The molecule has 0 unspecified atom stereocenters. The van der Waals surface area contributed by atoms with Gasteiger partial charge in [-0.05, 0) is 61.9 Å². The second kappa shape index (κ2) is 8.38. The first-order chi connectivity index (χ1) is 13.7. The zero-order valence-corrected chi connectivity index (χ0v) is 16.3. The van der Waals surface area contributed by atoms with E-state index in [4.69, 9.17) is 0 Å². The number of aromatic nitrogens is 3. The quantitative estimate of drug-likeness (QED) is 0.684. The Hall–Kier alpha value is -2.95. The van der Waals surface area contributed by atoms with Gasteiger partial charge in [0.15, 0.2) is 0 Å². The molecule has 1 saturated heterocycles. The molecule has 1 aliphatic rings. The predicted octanol–water partition coefficient (Wildman–Crippen LogP) is 3.73. The van der Waals surface area contributed by atoms with Gasteiger partial charge in [0.1, 0.15) is 0 Å². The molecule has 0 saturated carbocycles. The van der Waals surface area contributed by atoms with Gasteiger partial charge in [0, 0.05) is 42.4 Å². The molecule has 1 amide bonds. The van der Waals surface area contributed by atoms with E-state index in [1.54, 1.807) is 6.20 Å². The Morgan fingerprint density at radius 1 is 1.14 bits per heavy atom. The smallest absolute Gasteiger partial charge is 0.254 e. The molecular formula is C23H26N4O. The van der Waals surface area contributed by atoms with Crippen LogP contribution in [0, 0.1) is 12.8 Å². The number of likely N-dealkylation sites (tertiary alicyclic amines) is 1. The first-order valence-corrected chi connectivity index (χ1v) is 9.96. The highest BCUT2D eigenvalue weighted by Crippen LogP contribution is 2.23. The van der Waals surface area contributed by atoms with Gasteiger partial charge >= 0.3 is 0 Å². The third-order valence-electron chi connectivity index (χ3n) is 5.39. The number of rotatable bonds is 5. The summed E-state index contributed by atoms with van der Waals surface area (Å²) in [7, 11) is 0. The first-order valence-electron chi connectivity index (χ1n) is 9.96. The fourth-order valence-corrected chi connectivity index (χ4v) is 4.03. The molecule has 3 heterocycles. The fraction of sp³-hybridized carbons (Fsp3) is 0.348. The summed E-state index contributed by atoms with van der Waals surface area (Å²) < 4.78 is 1.86. The minimum atomic E-state index is 0.129. The van der Waals surface area contributed by atoms with Gasteiger partial charge in [0.25, 0.3) is 5.91 Å². The van der Waals surface area contributed by atoms with Crippen molar-refractivity contribution in [1.29, 1.82) is 0 Å². The van der Waals surface area contributed by atoms with Gasteiger partial charge in [-0.15, -0.1) is 0 Å². The van der Waals surface area contributed by atoms with Crippen LogP contribution in [0.2, 0.25) is 0 Å². The van der Waals surface area contributed by atoms with Crippen LogP contribution in [0.3, 0.4) is 0 Å². The third kappa shape index (κ3) is 4.30. The molecule has 1 fully saturated rings. The molecule has 5 nitrogen and oxygen atoms in total. The summed E-state index contributed by atoms with van der Waals surface area (Å²) in [5.41, 5.74) is 3.97. The predicted molar refractivity (Wildman–Crippen MR) is 109 cm³/mol. The van der Waals surface area contributed by atoms with Crippen LogP contribution in [-0.2, 0) is 13.0 Å². The molecule has 144 valence electrons. The van der Waals surface area contributed by atoms with Gasteiger partial charge in [-0.3, -0.25) is 14.5 Å². The topological polar surface area (TPSA) is 51.0 Å². The van der Waals surface area contributed by atoms with Gasteiger partial charge in [0.05, 0.1) is 6.54 Å². The minimum absolute atomic E-state index is 0.129. The Balaban J connectivity index is 1.47. The number of hydrogen-bond donors (Lipinski definition) is 0. The van der Waals surface area contributed by atoms with E-state index in [1.165, 1.54) is 0 Å². The zero-order valence-electron chi connectivity index (χ0n) is 16.3. The number of amides is 1. The number of benzene rings is 1. The van der Waals surface area contributed by atoms with Crippen LogP contribution in [0.1, 0.15) is 40.2 Å². The van der Waals surface area contributed by atoms with Crippen molar-refractivity contribution in [3.05, 3.63) is 83.4 Å². The number of aryl methyl sites for hydroxylation is 1. The normalized spacial score (nSPS) is 16.9. The maximum atomic E-state index is 13.3. The highest BCUT2D eigenvalue weighted by atomic mass is 16.2. The zero-order chi connectivity index (χ0) is 19.3. The Labute approximate surface area is 166 Å². The van der Waals surface area contributed by atoms with Crippen molar-refractivity contribution in [3.63, 3.8) is 0 Å². The van der Waals surface area contributed by atoms with Crippen LogP contribution < -0.4 is 0 Å². The summed E-state index contributed by atoms with van der Waals surface area (Å²) in [5, 5.41) is 4.28. The summed E-state index contributed by atoms with van der Waals surface area (Å²) in [4.78, 5) is 19.9. The molecule has 28 heavy (non-hydrogen) atoms. The Morgan fingerprint density at radius 2 is 2.04 bits per heavy atom. The Kier molecular flexibility index (Phi) is 5.51. The summed E-state index contributed by atoms with van der Waals surface area (Å²) >= 11 is 0. The van der Waals surface area contributed by atoms with E-state index in [-0.39, 0.29) is 5.91 Å². The van der Waals surface area contributed by atoms with Crippen molar-refractivity contribution in [2.24, 2.45) is 5.92 Å². The fourth-order valence-electron chi connectivity index (χ4n) is 4.03. The van der Waals surface area contributed by atoms with Crippen molar-refractivity contribution in [2.45, 2.75) is 32.7 Å². The van der Waals surface area contributed by atoms with Crippen molar-refractivity contribution in [3.8, 4) is 0 Å². The summed E-state index contributed by atoms with van der Waals surface area (Å²) in [6.45, 7) is 4.26. The average molecular weight is 374 g/mol. The summed E-state index contributed by atoms with van der Waals surface area (Å²) in [6.07, 6.45) is 6.81. The molecule has 1 aliphatic heterocycles. The largest absolute Gasteiger partial charge is 0.338 e. The lowest BCUT2D eigenvalue weighted by Crippen LogP contribution is -2.41. The first kappa shape index (κ1) is 18.4. The second-order valence-corrected chi connectivity index (χ2v) is 7.59. The number of pyridine rings is 1. The molecule has 0 aliphatic carbocycles. The van der Waals surface area contributed by atoms with Crippen LogP contribution in [-0.4, -0.2) is 38.7 Å². The minimum Gasteiger partial charge on any atom is -0.338 e. The molecule has 0 bridgehead atoms. The van der Waals surface area contributed by atoms with Crippen LogP contribution in [0.15, 0.2) is 60.9 Å². The van der Waals surface area contributed by atoms with Gasteiger partial charge < -0.3 is 4.90 Å². The highest BCUT2D eigenvalue weighted by molar-refractivity contribution is 5.95. The summed E-state index contributed by atoms with van der Waals surface area (Å²) in [6, 6.07) is 16.0. The molecule has 0 radical (unpaired) electrons. The lowest BCUT2D eigenvalue weighted by molar-refractivity contribution is 0.0671. The molecule has 5 heteroatoms. The van der Waals surface area contributed by atoms with Crippen LogP contribution in [0.25, 0.3) is 0 Å².